The Labute approximate surface area is 143 Å². The zero-order valence-corrected chi connectivity index (χ0v) is 14.0. The van der Waals surface area contributed by atoms with Gasteiger partial charge in [-0.1, -0.05) is 53.5 Å². The van der Waals surface area contributed by atoms with Crippen molar-refractivity contribution in [3.63, 3.8) is 0 Å². The summed E-state index contributed by atoms with van der Waals surface area (Å²) in [6.45, 7) is 0. The number of thioether (sulfide) groups is 1. The SMILES string of the molecule is O=C(CSCc1ccc(Cl)cc1)NN=Cc1ccccc1Cl. The molecule has 2 aromatic rings. The third kappa shape index (κ3) is 5.72. The van der Waals surface area contributed by atoms with Gasteiger partial charge in [0.25, 0.3) is 0 Å². The summed E-state index contributed by atoms with van der Waals surface area (Å²) in [4.78, 5) is 11.7. The molecule has 0 aliphatic carbocycles. The third-order valence-electron chi connectivity index (χ3n) is 2.71. The van der Waals surface area contributed by atoms with Crippen LogP contribution in [0.4, 0.5) is 0 Å². The molecule has 0 aromatic heterocycles. The summed E-state index contributed by atoms with van der Waals surface area (Å²) in [5.41, 5.74) is 4.37. The van der Waals surface area contributed by atoms with E-state index < -0.39 is 0 Å². The highest BCUT2D eigenvalue weighted by Crippen LogP contribution is 2.15. The highest BCUT2D eigenvalue weighted by Gasteiger charge is 2.01. The molecule has 2 aromatic carbocycles. The van der Waals surface area contributed by atoms with Crippen molar-refractivity contribution in [3.05, 3.63) is 69.7 Å². The van der Waals surface area contributed by atoms with Gasteiger partial charge >= 0.3 is 0 Å². The maximum absolute atomic E-state index is 11.7. The molecule has 0 bridgehead atoms. The molecule has 0 saturated carbocycles. The predicted octanol–water partition coefficient (Wildman–Crippen LogP) is 4.38. The molecule has 0 saturated heterocycles. The van der Waals surface area contributed by atoms with E-state index in [0.717, 1.165) is 16.9 Å². The molecule has 3 nitrogen and oxygen atoms in total. The van der Waals surface area contributed by atoms with E-state index in [1.807, 2.05) is 42.5 Å². The van der Waals surface area contributed by atoms with Crippen LogP contribution in [-0.2, 0) is 10.5 Å². The number of nitrogens with one attached hydrogen (secondary N) is 1. The quantitative estimate of drug-likeness (QED) is 0.619. The van der Waals surface area contributed by atoms with Gasteiger partial charge in [-0.3, -0.25) is 4.79 Å². The highest BCUT2D eigenvalue weighted by atomic mass is 35.5. The Hall–Kier alpha value is -1.49. The van der Waals surface area contributed by atoms with E-state index in [2.05, 4.69) is 10.5 Å². The van der Waals surface area contributed by atoms with Gasteiger partial charge in [0.1, 0.15) is 0 Å². The predicted molar refractivity (Wildman–Crippen MR) is 94.8 cm³/mol. The van der Waals surface area contributed by atoms with Crippen LogP contribution >= 0.6 is 35.0 Å². The van der Waals surface area contributed by atoms with Crippen molar-refractivity contribution >= 4 is 47.1 Å². The number of hydrogen-bond donors (Lipinski definition) is 1. The van der Waals surface area contributed by atoms with Crippen LogP contribution in [0.1, 0.15) is 11.1 Å². The molecule has 22 heavy (non-hydrogen) atoms. The highest BCUT2D eigenvalue weighted by molar-refractivity contribution is 7.99. The van der Waals surface area contributed by atoms with Gasteiger partial charge in [-0.05, 0) is 23.8 Å². The number of hydrazone groups is 1. The minimum Gasteiger partial charge on any atom is -0.272 e. The number of amides is 1. The third-order valence-corrected chi connectivity index (χ3v) is 4.31. The van der Waals surface area contributed by atoms with Crippen molar-refractivity contribution in [2.24, 2.45) is 5.10 Å². The lowest BCUT2D eigenvalue weighted by Crippen LogP contribution is -2.19. The normalized spacial score (nSPS) is 10.8. The summed E-state index contributed by atoms with van der Waals surface area (Å²) in [5.74, 6) is 0.934. The van der Waals surface area contributed by atoms with Crippen LogP contribution in [-0.4, -0.2) is 17.9 Å². The molecular weight excluding hydrogens is 339 g/mol. The zero-order valence-electron chi connectivity index (χ0n) is 11.6. The van der Waals surface area contributed by atoms with Crippen LogP contribution in [0.25, 0.3) is 0 Å². The van der Waals surface area contributed by atoms with E-state index in [4.69, 9.17) is 23.2 Å². The van der Waals surface area contributed by atoms with Gasteiger partial charge in [0, 0.05) is 21.4 Å². The van der Waals surface area contributed by atoms with Gasteiger partial charge in [-0.25, -0.2) is 5.43 Å². The zero-order chi connectivity index (χ0) is 15.8. The van der Waals surface area contributed by atoms with Gasteiger partial charge in [0.15, 0.2) is 0 Å². The number of carbonyl (C=O) groups excluding carboxylic acids is 1. The van der Waals surface area contributed by atoms with Gasteiger partial charge in [0.2, 0.25) is 5.91 Å². The first-order valence-electron chi connectivity index (χ1n) is 6.54. The Morgan fingerprint density at radius 3 is 2.59 bits per heavy atom. The summed E-state index contributed by atoms with van der Waals surface area (Å²) in [6.07, 6.45) is 1.53. The van der Waals surface area contributed by atoms with Crippen molar-refractivity contribution in [3.8, 4) is 0 Å². The fourth-order valence-electron chi connectivity index (χ4n) is 1.63. The van der Waals surface area contributed by atoms with E-state index in [1.165, 1.54) is 18.0 Å². The second-order valence-electron chi connectivity index (χ2n) is 4.43. The smallest absolute Gasteiger partial charge is 0.250 e. The molecule has 2 rings (SSSR count). The number of nitrogens with zero attached hydrogens (tertiary/aromatic N) is 1. The molecule has 1 amide bonds. The molecular formula is C16H14Cl2N2OS. The van der Waals surface area contributed by atoms with Crippen molar-refractivity contribution in [1.29, 1.82) is 0 Å². The molecule has 0 radical (unpaired) electrons. The monoisotopic (exact) mass is 352 g/mol. The molecule has 1 N–H and O–H groups in total. The summed E-state index contributed by atoms with van der Waals surface area (Å²) in [7, 11) is 0. The van der Waals surface area contributed by atoms with E-state index >= 15 is 0 Å². The van der Waals surface area contributed by atoms with Crippen LogP contribution in [0.5, 0.6) is 0 Å². The molecule has 114 valence electrons. The summed E-state index contributed by atoms with van der Waals surface area (Å²) in [5, 5.41) is 5.20. The fraction of sp³-hybridized carbons (Fsp3) is 0.125. The van der Waals surface area contributed by atoms with Gasteiger partial charge < -0.3 is 0 Å². The summed E-state index contributed by atoms with van der Waals surface area (Å²) in [6, 6.07) is 14.9. The Balaban J connectivity index is 1.72. The van der Waals surface area contributed by atoms with E-state index in [1.54, 1.807) is 6.07 Å². The van der Waals surface area contributed by atoms with Crippen LogP contribution in [0.15, 0.2) is 53.6 Å². The number of rotatable bonds is 6. The average Bonchev–Trinajstić information content (AvgIpc) is 2.51. The Morgan fingerprint density at radius 1 is 1.14 bits per heavy atom. The van der Waals surface area contributed by atoms with Crippen LogP contribution < -0.4 is 5.43 Å². The molecule has 0 heterocycles. The van der Waals surface area contributed by atoms with Gasteiger partial charge in [0.05, 0.1) is 12.0 Å². The Morgan fingerprint density at radius 2 is 1.86 bits per heavy atom. The average molecular weight is 353 g/mol. The van der Waals surface area contributed by atoms with Crippen molar-refractivity contribution in [1.82, 2.24) is 5.43 Å². The molecule has 0 fully saturated rings. The first kappa shape index (κ1) is 16.9. The largest absolute Gasteiger partial charge is 0.272 e. The maximum Gasteiger partial charge on any atom is 0.250 e. The molecule has 6 heteroatoms. The lowest BCUT2D eigenvalue weighted by atomic mass is 10.2. The second-order valence-corrected chi connectivity index (χ2v) is 6.26. The van der Waals surface area contributed by atoms with Crippen LogP contribution in [0, 0.1) is 0 Å². The van der Waals surface area contributed by atoms with Crippen molar-refractivity contribution < 1.29 is 4.79 Å². The molecule has 0 aliphatic heterocycles. The maximum atomic E-state index is 11.7. The van der Waals surface area contributed by atoms with Crippen molar-refractivity contribution in [2.75, 3.05) is 5.75 Å². The lowest BCUT2D eigenvalue weighted by Gasteiger charge is -2.02. The topological polar surface area (TPSA) is 41.5 Å². The molecule has 0 unspecified atom stereocenters. The minimum atomic E-state index is -0.151. The molecule has 0 atom stereocenters. The summed E-state index contributed by atoms with van der Waals surface area (Å²) < 4.78 is 0. The number of carbonyl (C=O) groups is 1. The summed E-state index contributed by atoms with van der Waals surface area (Å²) >= 11 is 13.3. The van der Waals surface area contributed by atoms with Crippen molar-refractivity contribution in [2.45, 2.75) is 5.75 Å². The van der Waals surface area contributed by atoms with E-state index in [9.17, 15) is 4.79 Å². The lowest BCUT2D eigenvalue weighted by molar-refractivity contribution is -0.118. The Kier molecular flexibility index (Phi) is 6.77. The van der Waals surface area contributed by atoms with Crippen LogP contribution in [0.3, 0.4) is 0 Å². The number of halogens is 2. The molecule has 0 spiro atoms. The first-order chi connectivity index (χ1) is 10.6. The second kappa shape index (κ2) is 8.83. The van der Waals surface area contributed by atoms with Crippen LogP contribution in [0.2, 0.25) is 10.0 Å². The number of benzene rings is 2. The minimum absolute atomic E-state index is 0.151. The van der Waals surface area contributed by atoms with E-state index in [-0.39, 0.29) is 5.91 Å². The molecule has 0 aliphatic rings. The Bertz CT molecular complexity index is 659. The first-order valence-corrected chi connectivity index (χ1v) is 8.45. The van der Waals surface area contributed by atoms with E-state index in [0.29, 0.717) is 15.8 Å². The number of hydrogen-bond acceptors (Lipinski definition) is 3. The van der Waals surface area contributed by atoms with Gasteiger partial charge in [-0.15, -0.1) is 11.8 Å². The van der Waals surface area contributed by atoms with Gasteiger partial charge in [-0.2, -0.15) is 5.10 Å². The standard InChI is InChI=1S/C16H14Cl2N2OS/c17-14-7-5-12(6-8-14)10-22-11-16(21)20-19-9-13-3-1-2-4-15(13)18/h1-9H,10-11H2,(H,20,21). The fourth-order valence-corrected chi connectivity index (χ4v) is 2.72.